The van der Waals surface area contributed by atoms with E-state index in [-0.39, 0.29) is 0 Å². The molecular weight excluding hydrogens is 152 g/mol. The van der Waals surface area contributed by atoms with Crippen molar-refractivity contribution >= 4 is 6.29 Å². The van der Waals surface area contributed by atoms with Gasteiger partial charge in [0.25, 0.3) is 0 Å². The molecule has 1 aliphatic carbocycles. The standard InChI is InChI=1S/C9H12N2O/c1-2-11-9-5-3-4-7(9)8(6-12)10-11/h6H,2-5H2,1H3. The maximum absolute atomic E-state index is 10.6. The lowest BCUT2D eigenvalue weighted by molar-refractivity contribution is 0.111. The maximum Gasteiger partial charge on any atom is 0.170 e. The average Bonchev–Trinajstić information content (AvgIpc) is 2.63. The lowest BCUT2D eigenvalue weighted by Crippen LogP contribution is -2.01. The summed E-state index contributed by atoms with van der Waals surface area (Å²) >= 11 is 0. The molecule has 64 valence electrons. The van der Waals surface area contributed by atoms with Crippen LogP contribution in [0.5, 0.6) is 0 Å². The van der Waals surface area contributed by atoms with Crippen molar-refractivity contribution in [2.24, 2.45) is 0 Å². The highest BCUT2D eigenvalue weighted by Gasteiger charge is 2.20. The minimum Gasteiger partial charge on any atom is -0.296 e. The van der Waals surface area contributed by atoms with Crippen molar-refractivity contribution in [2.45, 2.75) is 32.7 Å². The molecule has 2 rings (SSSR count). The van der Waals surface area contributed by atoms with E-state index in [2.05, 4.69) is 12.0 Å². The van der Waals surface area contributed by atoms with E-state index in [9.17, 15) is 4.79 Å². The van der Waals surface area contributed by atoms with E-state index >= 15 is 0 Å². The molecule has 0 fully saturated rings. The largest absolute Gasteiger partial charge is 0.296 e. The van der Waals surface area contributed by atoms with Gasteiger partial charge in [0.2, 0.25) is 0 Å². The Balaban J connectivity index is 2.54. The molecule has 0 saturated carbocycles. The molecule has 0 aliphatic heterocycles. The summed E-state index contributed by atoms with van der Waals surface area (Å²) in [6.45, 7) is 2.93. The Morgan fingerprint density at radius 1 is 1.58 bits per heavy atom. The molecule has 1 aliphatic rings. The topological polar surface area (TPSA) is 34.9 Å². The molecule has 12 heavy (non-hydrogen) atoms. The first-order chi connectivity index (χ1) is 5.86. The van der Waals surface area contributed by atoms with Crippen molar-refractivity contribution in [1.29, 1.82) is 0 Å². The van der Waals surface area contributed by atoms with Crippen LogP contribution < -0.4 is 0 Å². The molecule has 1 aromatic heterocycles. The molecule has 3 heteroatoms. The van der Waals surface area contributed by atoms with Crippen LogP contribution in [-0.2, 0) is 19.4 Å². The summed E-state index contributed by atoms with van der Waals surface area (Å²) < 4.78 is 1.95. The molecule has 1 heterocycles. The summed E-state index contributed by atoms with van der Waals surface area (Å²) in [7, 11) is 0. The van der Waals surface area contributed by atoms with E-state index in [4.69, 9.17) is 0 Å². The number of carbonyl (C=O) groups is 1. The summed E-state index contributed by atoms with van der Waals surface area (Å²) in [6, 6.07) is 0. The fraction of sp³-hybridized carbons (Fsp3) is 0.556. The number of hydrogen-bond acceptors (Lipinski definition) is 2. The van der Waals surface area contributed by atoms with Gasteiger partial charge in [-0.2, -0.15) is 5.10 Å². The molecule has 0 N–H and O–H groups in total. The predicted molar refractivity (Wildman–Crippen MR) is 45.3 cm³/mol. The van der Waals surface area contributed by atoms with Gasteiger partial charge in [-0.25, -0.2) is 0 Å². The quantitative estimate of drug-likeness (QED) is 0.616. The molecular formula is C9H12N2O. The van der Waals surface area contributed by atoms with Gasteiger partial charge in [0.05, 0.1) is 0 Å². The van der Waals surface area contributed by atoms with Crippen molar-refractivity contribution in [3.05, 3.63) is 17.0 Å². The number of carbonyl (C=O) groups excluding carboxylic acids is 1. The van der Waals surface area contributed by atoms with Crippen LogP contribution >= 0.6 is 0 Å². The Kier molecular flexibility index (Phi) is 1.71. The lowest BCUT2D eigenvalue weighted by Gasteiger charge is -1.98. The van der Waals surface area contributed by atoms with E-state index in [1.165, 1.54) is 17.7 Å². The Hall–Kier alpha value is -1.12. The van der Waals surface area contributed by atoms with Crippen LogP contribution in [0.4, 0.5) is 0 Å². The zero-order valence-electron chi connectivity index (χ0n) is 7.21. The zero-order valence-corrected chi connectivity index (χ0v) is 7.21. The van der Waals surface area contributed by atoms with E-state index < -0.39 is 0 Å². The fourth-order valence-electron chi connectivity index (χ4n) is 1.90. The van der Waals surface area contributed by atoms with E-state index in [1.54, 1.807) is 0 Å². The highest BCUT2D eigenvalue weighted by Crippen LogP contribution is 2.23. The second-order valence-electron chi connectivity index (χ2n) is 3.10. The van der Waals surface area contributed by atoms with Gasteiger partial charge >= 0.3 is 0 Å². The van der Waals surface area contributed by atoms with Crippen molar-refractivity contribution < 1.29 is 4.79 Å². The first-order valence-corrected chi connectivity index (χ1v) is 4.40. The Bertz CT molecular complexity index is 315. The summed E-state index contributed by atoms with van der Waals surface area (Å²) in [5, 5.41) is 4.22. The number of fused-ring (bicyclic) bond motifs is 1. The van der Waals surface area contributed by atoms with Crippen LogP contribution in [0.1, 0.15) is 35.1 Å². The summed E-state index contributed by atoms with van der Waals surface area (Å²) in [4.78, 5) is 10.6. The van der Waals surface area contributed by atoms with E-state index in [0.29, 0.717) is 5.69 Å². The average molecular weight is 164 g/mol. The minimum absolute atomic E-state index is 0.657. The van der Waals surface area contributed by atoms with Crippen molar-refractivity contribution in [3.63, 3.8) is 0 Å². The molecule has 3 nitrogen and oxygen atoms in total. The van der Waals surface area contributed by atoms with Crippen LogP contribution in [-0.4, -0.2) is 16.1 Å². The summed E-state index contributed by atoms with van der Waals surface area (Å²) in [6.07, 6.45) is 4.16. The van der Waals surface area contributed by atoms with Gasteiger partial charge in [-0.15, -0.1) is 0 Å². The first-order valence-electron chi connectivity index (χ1n) is 4.40. The number of aromatic nitrogens is 2. The van der Waals surface area contributed by atoms with Gasteiger partial charge in [0, 0.05) is 17.8 Å². The minimum atomic E-state index is 0.657. The Labute approximate surface area is 71.4 Å². The highest BCUT2D eigenvalue weighted by molar-refractivity contribution is 5.75. The fourth-order valence-corrected chi connectivity index (χ4v) is 1.90. The van der Waals surface area contributed by atoms with Gasteiger partial charge in [0.1, 0.15) is 5.69 Å². The Morgan fingerprint density at radius 2 is 2.42 bits per heavy atom. The molecule has 0 atom stereocenters. The normalized spacial score (nSPS) is 14.8. The maximum atomic E-state index is 10.6. The van der Waals surface area contributed by atoms with Crippen LogP contribution in [0.15, 0.2) is 0 Å². The summed E-state index contributed by atoms with van der Waals surface area (Å²) in [5.41, 5.74) is 3.12. The number of rotatable bonds is 2. The second kappa shape index (κ2) is 2.73. The first kappa shape index (κ1) is 7.53. The van der Waals surface area contributed by atoms with Crippen LogP contribution in [0.3, 0.4) is 0 Å². The van der Waals surface area contributed by atoms with Crippen LogP contribution in [0, 0.1) is 0 Å². The monoisotopic (exact) mass is 164 g/mol. The molecule has 1 aromatic rings. The lowest BCUT2D eigenvalue weighted by atomic mass is 10.2. The van der Waals surface area contributed by atoms with E-state index in [0.717, 1.165) is 25.7 Å². The van der Waals surface area contributed by atoms with Crippen LogP contribution in [0.2, 0.25) is 0 Å². The third kappa shape index (κ3) is 0.891. The number of aldehydes is 1. The zero-order chi connectivity index (χ0) is 8.55. The number of nitrogens with zero attached hydrogens (tertiary/aromatic N) is 2. The van der Waals surface area contributed by atoms with Gasteiger partial charge in [-0.3, -0.25) is 9.48 Å². The Morgan fingerprint density at radius 3 is 3.08 bits per heavy atom. The van der Waals surface area contributed by atoms with Gasteiger partial charge in [0.15, 0.2) is 6.29 Å². The van der Waals surface area contributed by atoms with Gasteiger partial charge < -0.3 is 0 Å². The van der Waals surface area contributed by atoms with Crippen molar-refractivity contribution in [3.8, 4) is 0 Å². The summed E-state index contributed by atoms with van der Waals surface area (Å²) in [5.74, 6) is 0. The molecule has 0 radical (unpaired) electrons. The molecule has 0 bridgehead atoms. The van der Waals surface area contributed by atoms with Crippen molar-refractivity contribution in [2.75, 3.05) is 0 Å². The SMILES string of the molecule is CCn1nc(C=O)c2c1CCC2. The van der Waals surface area contributed by atoms with Crippen LogP contribution in [0.25, 0.3) is 0 Å². The van der Waals surface area contributed by atoms with Gasteiger partial charge in [-0.1, -0.05) is 0 Å². The third-order valence-electron chi connectivity index (χ3n) is 2.45. The third-order valence-corrected chi connectivity index (χ3v) is 2.45. The molecule has 0 unspecified atom stereocenters. The smallest absolute Gasteiger partial charge is 0.170 e. The number of hydrogen-bond donors (Lipinski definition) is 0. The second-order valence-corrected chi connectivity index (χ2v) is 3.10. The van der Waals surface area contributed by atoms with Crippen molar-refractivity contribution in [1.82, 2.24) is 9.78 Å². The number of aryl methyl sites for hydroxylation is 1. The van der Waals surface area contributed by atoms with E-state index in [1.807, 2.05) is 4.68 Å². The van der Waals surface area contributed by atoms with Gasteiger partial charge in [-0.05, 0) is 26.2 Å². The predicted octanol–water partition coefficient (Wildman–Crippen LogP) is 1.20. The molecule has 0 saturated heterocycles. The molecule has 0 aromatic carbocycles. The molecule has 0 amide bonds. The molecule has 0 spiro atoms. The highest BCUT2D eigenvalue weighted by atomic mass is 16.1.